The third-order valence-corrected chi connectivity index (χ3v) is 1.06. The Morgan fingerprint density at radius 1 is 1.30 bits per heavy atom. The van der Waals surface area contributed by atoms with Crippen molar-refractivity contribution in [3.8, 4) is 0 Å². The van der Waals surface area contributed by atoms with E-state index in [0.29, 0.717) is 5.56 Å². The van der Waals surface area contributed by atoms with Gasteiger partial charge >= 0.3 is 0 Å². The van der Waals surface area contributed by atoms with Crippen molar-refractivity contribution in [2.75, 3.05) is 0 Å². The first-order valence-electron chi connectivity index (χ1n) is 2.73. The SMILES string of the molecule is C=Cc1cc(F)[c]c(F)c1. The Balaban J connectivity index is 3.18. The molecule has 0 fully saturated rings. The van der Waals surface area contributed by atoms with E-state index in [1.807, 2.05) is 6.07 Å². The third-order valence-electron chi connectivity index (χ3n) is 1.06. The highest BCUT2D eigenvalue weighted by Gasteiger charge is 1.96. The van der Waals surface area contributed by atoms with Crippen LogP contribution in [0.1, 0.15) is 5.56 Å². The average Bonchev–Trinajstić information content (AvgIpc) is 1.85. The molecule has 10 heavy (non-hydrogen) atoms. The predicted octanol–water partition coefficient (Wildman–Crippen LogP) is 2.41. The third kappa shape index (κ3) is 1.41. The van der Waals surface area contributed by atoms with Crippen molar-refractivity contribution >= 4 is 6.08 Å². The van der Waals surface area contributed by atoms with Crippen LogP contribution in [0.15, 0.2) is 18.7 Å². The molecule has 0 nitrogen and oxygen atoms in total. The first-order chi connectivity index (χ1) is 4.72. The van der Waals surface area contributed by atoms with E-state index in [1.165, 1.54) is 6.08 Å². The van der Waals surface area contributed by atoms with Crippen LogP contribution in [0.3, 0.4) is 0 Å². The van der Waals surface area contributed by atoms with Gasteiger partial charge in [-0.15, -0.1) is 0 Å². The van der Waals surface area contributed by atoms with Crippen molar-refractivity contribution in [3.63, 3.8) is 0 Å². The fourth-order valence-corrected chi connectivity index (χ4v) is 0.638. The molecule has 0 saturated heterocycles. The zero-order valence-corrected chi connectivity index (χ0v) is 5.20. The van der Waals surface area contributed by atoms with Crippen molar-refractivity contribution in [1.29, 1.82) is 0 Å². The van der Waals surface area contributed by atoms with Gasteiger partial charge in [0.1, 0.15) is 11.6 Å². The lowest BCUT2D eigenvalue weighted by Crippen LogP contribution is -1.81. The van der Waals surface area contributed by atoms with E-state index in [0.717, 1.165) is 12.1 Å². The second-order valence-corrected chi connectivity index (χ2v) is 1.81. The second-order valence-electron chi connectivity index (χ2n) is 1.81. The molecule has 1 aromatic rings. The Bertz CT molecular complexity index is 233. The normalized spacial score (nSPS) is 9.40. The molecule has 1 radical (unpaired) electrons. The minimum Gasteiger partial charge on any atom is -0.206 e. The highest BCUT2D eigenvalue weighted by Crippen LogP contribution is 2.07. The molecule has 0 N–H and O–H groups in total. The van der Waals surface area contributed by atoms with E-state index < -0.39 is 11.6 Å². The number of hydrogen-bond acceptors (Lipinski definition) is 0. The van der Waals surface area contributed by atoms with E-state index in [1.54, 1.807) is 0 Å². The molecule has 0 bridgehead atoms. The number of halogens is 2. The lowest BCUT2D eigenvalue weighted by molar-refractivity contribution is 0.579. The molecule has 0 spiro atoms. The summed E-state index contributed by atoms with van der Waals surface area (Å²) in [6, 6.07) is 4.19. The van der Waals surface area contributed by atoms with Crippen molar-refractivity contribution in [2.45, 2.75) is 0 Å². The van der Waals surface area contributed by atoms with Gasteiger partial charge in [0.05, 0.1) is 6.07 Å². The van der Waals surface area contributed by atoms with Crippen LogP contribution in [-0.4, -0.2) is 0 Å². The summed E-state index contributed by atoms with van der Waals surface area (Å²) < 4.78 is 24.5. The maximum Gasteiger partial charge on any atom is 0.134 e. The quantitative estimate of drug-likeness (QED) is 0.560. The molecule has 0 amide bonds. The van der Waals surface area contributed by atoms with Gasteiger partial charge in [0.15, 0.2) is 0 Å². The molecule has 0 aliphatic carbocycles. The molecule has 2 heteroatoms. The van der Waals surface area contributed by atoms with Crippen molar-refractivity contribution in [2.24, 2.45) is 0 Å². The first kappa shape index (κ1) is 6.93. The Morgan fingerprint density at radius 2 is 1.80 bits per heavy atom. The number of hydrogen-bond donors (Lipinski definition) is 0. The lowest BCUT2D eigenvalue weighted by atomic mass is 10.2. The zero-order valence-electron chi connectivity index (χ0n) is 5.20. The minimum atomic E-state index is -0.699. The number of benzene rings is 1. The summed E-state index contributed by atoms with van der Waals surface area (Å²) in [5.74, 6) is -1.40. The van der Waals surface area contributed by atoms with Crippen LogP contribution in [-0.2, 0) is 0 Å². The van der Waals surface area contributed by atoms with Crippen molar-refractivity contribution in [1.82, 2.24) is 0 Å². The van der Waals surface area contributed by atoms with Gasteiger partial charge in [0.25, 0.3) is 0 Å². The molecule has 1 aromatic carbocycles. The molecule has 51 valence electrons. The molecular formula is C8H5F2. The summed E-state index contributed by atoms with van der Waals surface area (Å²) in [6.45, 7) is 3.37. The Kier molecular flexibility index (Phi) is 1.81. The summed E-state index contributed by atoms with van der Waals surface area (Å²) >= 11 is 0. The van der Waals surface area contributed by atoms with E-state index in [4.69, 9.17) is 0 Å². The topological polar surface area (TPSA) is 0 Å². The van der Waals surface area contributed by atoms with Gasteiger partial charge in [-0.3, -0.25) is 0 Å². The summed E-state index contributed by atoms with van der Waals surface area (Å²) in [6.07, 6.45) is 1.38. The van der Waals surface area contributed by atoms with Crippen LogP contribution in [0.5, 0.6) is 0 Å². The van der Waals surface area contributed by atoms with Crippen LogP contribution < -0.4 is 0 Å². The smallest absolute Gasteiger partial charge is 0.134 e. The van der Waals surface area contributed by atoms with Crippen LogP contribution in [0, 0.1) is 17.7 Å². The molecule has 0 aliphatic rings. The highest BCUT2D eigenvalue weighted by atomic mass is 19.1. The van der Waals surface area contributed by atoms with Gasteiger partial charge < -0.3 is 0 Å². The van der Waals surface area contributed by atoms with E-state index >= 15 is 0 Å². The zero-order chi connectivity index (χ0) is 7.56. The lowest BCUT2D eigenvalue weighted by Gasteiger charge is -1.92. The summed E-state index contributed by atoms with van der Waals surface area (Å²) in [5, 5.41) is 0. The monoisotopic (exact) mass is 139 g/mol. The molecule has 0 saturated carbocycles. The van der Waals surface area contributed by atoms with E-state index in [9.17, 15) is 8.78 Å². The first-order valence-corrected chi connectivity index (χ1v) is 2.73. The van der Waals surface area contributed by atoms with Crippen molar-refractivity contribution in [3.05, 3.63) is 42.0 Å². The van der Waals surface area contributed by atoms with Gasteiger partial charge in [0, 0.05) is 0 Å². The van der Waals surface area contributed by atoms with Gasteiger partial charge in [-0.25, -0.2) is 8.78 Å². The van der Waals surface area contributed by atoms with Gasteiger partial charge in [0.2, 0.25) is 0 Å². The van der Waals surface area contributed by atoms with Gasteiger partial charge in [-0.05, 0) is 17.7 Å². The maximum atomic E-state index is 12.3. The molecule has 0 atom stereocenters. The molecule has 1 rings (SSSR count). The van der Waals surface area contributed by atoms with Gasteiger partial charge in [-0.2, -0.15) is 0 Å². The largest absolute Gasteiger partial charge is 0.206 e. The van der Waals surface area contributed by atoms with Crippen LogP contribution in [0.25, 0.3) is 6.08 Å². The Hall–Kier alpha value is -1.18. The minimum absolute atomic E-state index is 0.425. The van der Waals surface area contributed by atoms with Crippen molar-refractivity contribution < 1.29 is 8.78 Å². The fraction of sp³-hybridized carbons (Fsp3) is 0. The second kappa shape index (κ2) is 2.60. The standard InChI is InChI=1S/C8H5F2/c1-2-6-3-7(9)5-8(10)4-6/h2-4H,1H2. The van der Waals surface area contributed by atoms with Gasteiger partial charge in [-0.1, -0.05) is 12.7 Å². The molecular weight excluding hydrogens is 134 g/mol. The highest BCUT2D eigenvalue weighted by molar-refractivity contribution is 5.46. The fourth-order valence-electron chi connectivity index (χ4n) is 0.638. The average molecular weight is 139 g/mol. The summed E-state index contributed by atoms with van der Waals surface area (Å²) in [5.41, 5.74) is 0.425. The Labute approximate surface area is 57.8 Å². The predicted molar refractivity (Wildman–Crippen MR) is 35.3 cm³/mol. The van der Waals surface area contributed by atoms with Crippen LogP contribution >= 0.6 is 0 Å². The Morgan fingerprint density at radius 3 is 2.20 bits per heavy atom. The maximum absolute atomic E-state index is 12.3. The molecule has 0 heterocycles. The number of rotatable bonds is 1. The van der Waals surface area contributed by atoms with E-state index in [-0.39, 0.29) is 0 Å². The summed E-state index contributed by atoms with van der Waals surface area (Å²) in [7, 11) is 0. The van der Waals surface area contributed by atoms with E-state index in [2.05, 4.69) is 6.58 Å². The molecule has 0 aromatic heterocycles. The summed E-state index contributed by atoms with van der Waals surface area (Å²) in [4.78, 5) is 0. The molecule has 0 aliphatic heterocycles. The molecule has 0 unspecified atom stereocenters. The van der Waals surface area contributed by atoms with Crippen LogP contribution in [0.2, 0.25) is 0 Å². The van der Waals surface area contributed by atoms with Crippen LogP contribution in [0.4, 0.5) is 8.78 Å².